The van der Waals surface area contributed by atoms with Crippen molar-refractivity contribution in [1.29, 1.82) is 0 Å². The molecule has 0 aliphatic carbocycles. The Labute approximate surface area is 238 Å². The van der Waals surface area contributed by atoms with Gasteiger partial charge in [0.2, 0.25) is 17.7 Å². The van der Waals surface area contributed by atoms with Crippen LogP contribution in [0.1, 0.15) is 57.8 Å². The predicted molar refractivity (Wildman–Crippen MR) is 151 cm³/mol. The van der Waals surface area contributed by atoms with Gasteiger partial charge in [-0.15, -0.1) is 0 Å². The van der Waals surface area contributed by atoms with Gasteiger partial charge in [-0.25, -0.2) is 4.79 Å². The number of guanidine groups is 2. The quantitative estimate of drug-likeness (QED) is 0.0326. The molecule has 0 aromatic heterocycles. The van der Waals surface area contributed by atoms with Crippen LogP contribution in [0.2, 0.25) is 0 Å². The SMILES string of the molecule is NCCCCC(N)C(=O)NC(CCCN=C(N)N)C(=O)NC(CCCN=C(N)N)C(=O)NC(CCC(=O)O)C(=O)O. The molecule has 17 N–H and O–H groups in total. The molecule has 4 atom stereocenters. The molecule has 4 unspecified atom stereocenters. The summed E-state index contributed by atoms with van der Waals surface area (Å²) in [4.78, 5) is 69.1. The summed E-state index contributed by atoms with van der Waals surface area (Å²) in [5.41, 5.74) is 32.7. The number of amides is 3. The monoisotopic (exact) mass is 587 g/mol. The van der Waals surface area contributed by atoms with Crippen molar-refractivity contribution in [3.05, 3.63) is 0 Å². The van der Waals surface area contributed by atoms with Crippen molar-refractivity contribution in [2.24, 2.45) is 44.4 Å². The molecular weight excluding hydrogens is 542 g/mol. The van der Waals surface area contributed by atoms with E-state index in [1.54, 1.807) is 0 Å². The molecule has 0 radical (unpaired) electrons. The smallest absolute Gasteiger partial charge is 0.326 e. The number of hydrogen-bond donors (Lipinski definition) is 11. The first kappa shape index (κ1) is 36.8. The standard InChI is InChI=1S/C23H45N11O7/c24-10-2-1-5-13(25)18(37)32-14(6-3-11-30-22(26)27)19(38)33-15(7-4-12-31-23(28)29)20(39)34-16(21(40)41)8-9-17(35)36/h13-16H,1-12,24-25H2,(H,32,37)(H,33,38)(H,34,39)(H,35,36)(H,40,41)(H4,26,27,30)(H4,28,29,31). The fourth-order valence-electron chi connectivity index (χ4n) is 3.53. The van der Waals surface area contributed by atoms with Crippen LogP contribution in [-0.2, 0) is 24.0 Å². The maximum absolute atomic E-state index is 13.3. The Balaban J connectivity index is 5.75. The Hall–Kier alpha value is -4.19. The third-order valence-electron chi connectivity index (χ3n) is 5.72. The molecule has 0 aliphatic rings. The van der Waals surface area contributed by atoms with Gasteiger partial charge >= 0.3 is 11.9 Å². The van der Waals surface area contributed by atoms with E-state index >= 15 is 0 Å². The highest BCUT2D eigenvalue weighted by Gasteiger charge is 2.30. The van der Waals surface area contributed by atoms with Crippen molar-refractivity contribution in [2.75, 3.05) is 19.6 Å². The van der Waals surface area contributed by atoms with E-state index in [2.05, 4.69) is 25.9 Å². The lowest BCUT2D eigenvalue weighted by Crippen LogP contribution is -2.57. The molecule has 0 rings (SSSR count). The minimum absolute atomic E-state index is 0.00705. The predicted octanol–water partition coefficient (Wildman–Crippen LogP) is -4.05. The lowest BCUT2D eigenvalue weighted by atomic mass is 10.0. The van der Waals surface area contributed by atoms with Gasteiger partial charge in [-0.05, 0) is 51.5 Å². The molecule has 0 bridgehead atoms. The molecule has 0 aromatic carbocycles. The topological polar surface area (TPSA) is 343 Å². The van der Waals surface area contributed by atoms with Gasteiger partial charge in [-0.2, -0.15) is 0 Å². The summed E-state index contributed by atoms with van der Waals surface area (Å²) in [5, 5.41) is 25.7. The maximum Gasteiger partial charge on any atom is 0.326 e. The molecule has 0 saturated carbocycles. The van der Waals surface area contributed by atoms with Gasteiger partial charge in [0.05, 0.1) is 6.04 Å². The number of aliphatic carboxylic acids is 2. The summed E-state index contributed by atoms with van der Waals surface area (Å²) in [6, 6.07) is -4.82. The number of unbranched alkanes of at least 4 members (excludes halogenated alkanes) is 1. The molecule has 18 nitrogen and oxygen atoms in total. The second-order valence-corrected chi connectivity index (χ2v) is 9.24. The van der Waals surface area contributed by atoms with Crippen LogP contribution in [0.5, 0.6) is 0 Å². The molecule has 234 valence electrons. The van der Waals surface area contributed by atoms with Crippen molar-refractivity contribution < 1.29 is 34.2 Å². The number of carboxylic acids is 2. The first-order chi connectivity index (χ1) is 19.3. The van der Waals surface area contributed by atoms with E-state index in [0.717, 1.165) is 0 Å². The first-order valence-corrected chi connectivity index (χ1v) is 13.2. The number of carbonyl (C=O) groups excluding carboxylic acids is 3. The van der Waals surface area contributed by atoms with Crippen molar-refractivity contribution in [3.63, 3.8) is 0 Å². The minimum atomic E-state index is -1.52. The summed E-state index contributed by atoms with van der Waals surface area (Å²) in [6.07, 6.45) is 1.32. The Kier molecular flexibility index (Phi) is 18.6. The summed E-state index contributed by atoms with van der Waals surface area (Å²) < 4.78 is 0. The fourth-order valence-corrected chi connectivity index (χ4v) is 3.53. The number of carboxylic acid groups (broad SMARTS) is 2. The largest absolute Gasteiger partial charge is 0.481 e. The molecule has 0 spiro atoms. The number of nitrogens with zero attached hydrogens (tertiary/aromatic N) is 2. The summed E-state index contributed by atoms with van der Waals surface area (Å²) in [6.45, 7) is 0.715. The van der Waals surface area contributed by atoms with Gasteiger partial charge in [0.1, 0.15) is 18.1 Å². The van der Waals surface area contributed by atoms with Crippen molar-refractivity contribution in [1.82, 2.24) is 16.0 Å². The van der Waals surface area contributed by atoms with Crippen molar-refractivity contribution >= 4 is 41.6 Å². The van der Waals surface area contributed by atoms with Crippen molar-refractivity contribution in [3.8, 4) is 0 Å². The average molecular weight is 588 g/mol. The molecule has 18 heteroatoms. The summed E-state index contributed by atoms with van der Waals surface area (Å²) in [7, 11) is 0. The van der Waals surface area contributed by atoms with Crippen LogP contribution in [0, 0.1) is 0 Å². The van der Waals surface area contributed by atoms with Crippen LogP contribution in [0.4, 0.5) is 0 Å². The lowest BCUT2D eigenvalue weighted by Gasteiger charge is -2.25. The van der Waals surface area contributed by atoms with Gasteiger partial charge in [0, 0.05) is 19.5 Å². The number of rotatable bonds is 22. The van der Waals surface area contributed by atoms with Gasteiger partial charge in [0.25, 0.3) is 0 Å². The van der Waals surface area contributed by atoms with Crippen LogP contribution in [0.15, 0.2) is 9.98 Å². The van der Waals surface area contributed by atoms with Crippen molar-refractivity contribution in [2.45, 2.75) is 82.0 Å². The van der Waals surface area contributed by atoms with E-state index in [4.69, 9.17) is 39.5 Å². The fraction of sp³-hybridized carbons (Fsp3) is 0.696. The zero-order valence-corrected chi connectivity index (χ0v) is 23.1. The van der Waals surface area contributed by atoms with Gasteiger partial charge in [0.15, 0.2) is 11.9 Å². The first-order valence-electron chi connectivity index (χ1n) is 13.2. The Morgan fingerprint density at radius 2 is 1.10 bits per heavy atom. The van der Waals surface area contributed by atoms with Crippen LogP contribution in [0.3, 0.4) is 0 Å². The molecule has 0 aliphatic heterocycles. The zero-order chi connectivity index (χ0) is 31.4. The Morgan fingerprint density at radius 1 is 0.634 bits per heavy atom. The number of nitrogens with two attached hydrogens (primary N) is 6. The van der Waals surface area contributed by atoms with E-state index in [9.17, 15) is 29.1 Å². The van der Waals surface area contributed by atoms with E-state index in [1.165, 1.54) is 0 Å². The molecule has 41 heavy (non-hydrogen) atoms. The zero-order valence-electron chi connectivity index (χ0n) is 23.1. The highest BCUT2D eigenvalue weighted by molar-refractivity contribution is 5.94. The van der Waals surface area contributed by atoms with Crippen LogP contribution in [0.25, 0.3) is 0 Å². The second kappa shape index (κ2) is 20.7. The molecular formula is C23H45N11O7. The minimum Gasteiger partial charge on any atom is -0.481 e. The highest BCUT2D eigenvalue weighted by atomic mass is 16.4. The average Bonchev–Trinajstić information content (AvgIpc) is 2.88. The third kappa shape index (κ3) is 17.9. The molecule has 0 saturated heterocycles. The lowest BCUT2D eigenvalue weighted by molar-refractivity contribution is -0.143. The molecule has 0 fully saturated rings. The van der Waals surface area contributed by atoms with Crippen LogP contribution < -0.4 is 50.4 Å². The van der Waals surface area contributed by atoms with E-state index in [1.807, 2.05) is 0 Å². The highest BCUT2D eigenvalue weighted by Crippen LogP contribution is 2.07. The second-order valence-electron chi connectivity index (χ2n) is 9.24. The molecule has 0 aromatic rings. The van der Waals surface area contributed by atoms with E-state index < -0.39 is 60.2 Å². The Bertz CT molecular complexity index is 922. The normalized spacial score (nSPS) is 13.5. The van der Waals surface area contributed by atoms with Gasteiger partial charge < -0.3 is 60.6 Å². The van der Waals surface area contributed by atoms with E-state index in [-0.39, 0.29) is 57.1 Å². The number of hydrogen-bond acceptors (Lipinski definition) is 9. The number of aliphatic imine (C=N–C) groups is 2. The van der Waals surface area contributed by atoms with Crippen LogP contribution >= 0.6 is 0 Å². The molecule has 3 amide bonds. The van der Waals surface area contributed by atoms with Gasteiger partial charge in [-0.1, -0.05) is 6.42 Å². The van der Waals surface area contributed by atoms with E-state index in [0.29, 0.717) is 25.8 Å². The number of nitrogens with one attached hydrogen (secondary N) is 3. The molecule has 0 heterocycles. The summed E-state index contributed by atoms with van der Waals surface area (Å²) in [5.74, 6) is -5.21. The van der Waals surface area contributed by atoms with Gasteiger partial charge in [-0.3, -0.25) is 29.2 Å². The third-order valence-corrected chi connectivity index (χ3v) is 5.72. The Morgan fingerprint density at radius 3 is 1.51 bits per heavy atom. The maximum atomic E-state index is 13.3. The summed E-state index contributed by atoms with van der Waals surface area (Å²) >= 11 is 0. The van der Waals surface area contributed by atoms with Crippen LogP contribution in [-0.4, -0.2) is 95.6 Å². The number of carbonyl (C=O) groups is 5.